The van der Waals surface area contributed by atoms with E-state index in [9.17, 15) is 4.79 Å². The van der Waals surface area contributed by atoms with E-state index in [0.717, 1.165) is 6.67 Å². The molecule has 1 aliphatic rings. The first kappa shape index (κ1) is 18.6. The van der Waals surface area contributed by atoms with Gasteiger partial charge in [-0.25, -0.2) is 0 Å². The van der Waals surface area contributed by atoms with Gasteiger partial charge in [0.2, 0.25) is 0 Å². The van der Waals surface area contributed by atoms with Gasteiger partial charge >= 0.3 is 0 Å². The quantitative estimate of drug-likeness (QED) is 0.833. The van der Waals surface area contributed by atoms with Crippen LogP contribution < -0.4 is 4.90 Å². The van der Waals surface area contributed by atoms with Crippen LogP contribution in [0.1, 0.15) is 37.5 Å². The predicted octanol–water partition coefficient (Wildman–Crippen LogP) is 4.20. The van der Waals surface area contributed by atoms with Crippen LogP contribution in [0.4, 0.5) is 5.69 Å². The van der Waals surface area contributed by atoms with Crippen molar-refractivity contribution < 1.29 is 4.79 Å². The van der Waals surface area contributed by atoms with E-state index in [0.29, 0.717) is 6.54 Å². The molecule has 0 fully saturated rings. The van der Waals surface area contributed by atoms with Gasteiger partial charge in [0.25, 0.3) is 0 Å². The Hall–Kier alpha value is -1.48. The number of halogens is 1. The van der Waals surface area contributed by atoms with E-state index in [4.69, 9.17) is 0 Å². The van der Waals surface area contributed by atoms with Crippen LogP contribution in [0.2, 0.25) is 0 Å². The number of hydrogen-bond donors (Lipinski definition) is 0. The van der Waals surface area contributed by atoms with Crippen LogP contribution in [0.5, 0.6) is 0 Å². The highest BCUT2D eigenvalue weighted by Crippen LogP contribution is 2.29. The zero-order valence-corrected chi connectivity index (χ0v) is 15.3. The minimum atomic E-state index is -0.281. The van der Waals surface area contributed by atoms with Gasteiger partial charge in [-0.1, -0.05) is 38.5 Å². The number of carbonyl (C=O) groups is 1. The highest BCUT2D eigenvalue weighted by molar-refractivity contribution is 5.86. The first-order valence-corrected chi connectivity index (χ1v) is 7.48. The molecule has 0 atom stereocenters. The largest absolute Gasteiger partial charge is 0.351 e. The van der Waals surface area contributed by atoms with Crippen molar-refractivity contribution in [1.82, 2.24) is 4.90 Å². The van der Waals surface area contributed by atoms with Crippen LogP contribution >= 0.6 is 12.4 Å². The minimum Gasteiger partial charge on any atom is -0.351 e. The summed E-state index contributed by atoms with van der Waals surface area (Å²) in [5.41, 5.74) is 4.82. The van der Waals surface area contributed by atoms with E-state index in [1.165, 1.54) is 22.4 Å². The van der Waals surface area contributed by atoms with E-state index in [-0.39, 0.29) is 23.6 Å². The lowest BCUT2D eigenvalue weighted by Crippen LogP contribution is -2.35. The van der Waals surface area contributed by atoms with Gasteiger partial charge in [0.05, 0.1) is 13.2 Å². The van der Waals surface area contributed by atoms with Gasteiger partial charge in [-0.15, -0.1) is 12.4 Å². The van der Waals surface area contributed by atoms with Gasteiger partial charge in [-0.2, -0.15) is 0 Å². The zero-order chi connectivity index (χ0) is 15.8. The number of carbonyl (C=O) groups excluding carboxylic acids is 1. The summed E-state index contributed by atoms with van der Waals surface area (Å²) in [5.74, 6) is 0.270. The molecule has 0 spiro atoms. The molecule has 3 nitrogen and oxygen atoms in total. The van der Waals surface area contributed by atoms with Gasteiger partial charge in [-0.05, 0) is 31.9 Å². The van der Waals surface area contributed by atoms with Crippen LogP contribution in [-0.4, -0.2) is 23.9 Å². The normalized spacial score (nSPS) is 14.3. The molecular formula is C18H27ClN2O. The molecule has 0 aliphatic carbocycles. The maximum Gasteiger partial charge on any atom is 0.157 e. The topological polar surface area (TPSA) is 23.6 Å². The molecule has 0 amide bonds. The number of ketones is 1. The third-order valence-electron chi connectivity index (χ3n) is 3.90. The molecular weight excluding hydrogens is 296 g/mol. The van der Waals surface area contributed by atoms with Crippen LogP contribution in [0.15, 0.2) is 24.5 Å². The Bertz CT molecular complexity index is 564. The number of aryl methyl sites for hydroxylation is 3. The fourth-order valence-corrected chi connectivity index (χ4v) is 2.76. The monoisotopic (exact) mass is 322 g/mol. The van der Waals surface area contributed by atoms with Crippen molar-refractivity contribution in [1.29, 1.82) is 0 Å². The summed E-state index contributed by atoms with van der Waals surface area (Å²) in [5, 5.41) is 0. The molecule has 1 aromatic rings. The van der Waals surface area contributed by atoms with Crippen molar-refractivity contribution in [2.75, 3.05) is 18.1 Å². The maximum atomic E-state index is 12.1. The minimum absolute atomic E-state index is 0. The highest BCUT2D eigenvalue weighted by atomic mass is 35.5. The lowest BCUT2D eigenvalue weighted by molar-refractivity contribution is -0.126. The average molecular weight is 323 g/mol. The summed E-state index contributed by atoms with van der Waals surface area (Å²) < 4.78 is 0. The average Bonchev–Trinajstić information content (AvgIpc) is 2.74. The fraction of sp³-hybridized carbons (Fsp3) is 0.500. The number of benzene rings is 1. The Labute approximate surface area is 140 Å². The second kappa shape index (κ2) is 6.74. The van der Waals surface area contributed by atoms with Gasteiger partial charge < -0.3 is 9.80 Å². The zero-order valence-electron chi connectivity index (χ0n) is 14.4. The molecule has 1 heterocycles. The summed E-state index contributed by atoms with van der Waals surface area (Å²) >= 11 is 0. The number of nitrogens with zero attached hydrogens (tertiary/aromatic N) is 2. The lowest BCUT2D eigenvalue weighted by Gasteiger charge is -2.26. The second-order valence-electron chi connectivity index (χ2n) is 7.08. The SMILES string of the molecule is Cc1cc(C)c(N2C=CN(CC(=O)C(C)(C)C)C2)c(C)c1.Cl. The molecule has 0 saturated carbocycles. The van der Waals surface area contributed by atoms with Crippen molar-refractivity contribution in [3.63, 3.8) is 0 Å². The van der Waals surface area contributed by atoms with Gasteiger partial charge in [0.1, 0.15) is 0 Å². The lowest BCUT2D eigenvalue weighted by atomic mass is 9.91. The number of rotatable bonds is 3. The third-order valence-corrected chi connectivity index (χ3v) is 3.90. The molecule has 1 aromatic carbocycles. The Kier molecular flexibility index (Phi) is 5.69. The molecule has 0 unspecified atom stereocenters. The molecule has 122 valence electrons. The summed E-state index contributed by atoms with van der Waals surface area (Å²) in [6.07, 6.45) is 4.09. The van der Waals surface area contributed by atoms with Gasteiger partial charge in [-0.3, -0.25) is 4.79 Å². The van der Waals surface area contributed by atoms with E-state index in [2.05, 4.69) is 48.9 Å². The van der Waals surface area contributed by atoms with Gasteiger partial charge in [0.15, 0.2) is 5.78 Å². The van der Waals surface area contributed by atoms with Crippen LogP contribution in [-0.2, 0) is 4.79 Å². The van der Waals surface area contributed by atoms with Crippen molar-refractivity contribution in [3.05, 3.63) is 41.2 Å². The molecule has 2 rings (SSSR count). The summed E-state index contributed by atoms with van der Waals surface area (Å²) in [6, 6.07) is 4.41. The molecule has 0 bridgehead atoms. The number of anilines is 1. The van der Waals surface area contributed by atoms with Crippen LogP contribution in [0.25, 0.3) is 0 Å². The number of Topliss-reactive ketones (excluding diaryl/α,β-unsaturated/α-hetero) is 1. The summed E-state index contributed by atoms with van der Waals surface area (Å²) in [7, 11) is 0. The molecule has 0 saturated heterocycles. The predicted molar refractivity (Wildman–Crippen MR) is 95.6 cm³/mol. The maximum absolute atomic E-state index is 12.1. The van der Waals surface area contributed by atoms with Crippen molar-refractivity contribution in [2.24, 2.45) is 5.41 Å². The Morgan fingerprint density at radius 3 is 2.14 bits per heavy atom. The van der Waals surface area contributed by atoms with Crippen LogP contribution in [0, 0.1) is 26.2 Å². The van der Waals surface area contributed by atoms with E-state index in [1.54, 1.807) is 0 Å². The standard InChI is InChI=1S/C18H26N2O.ClH/c1-13-9-14(2)17(15(3)10-13)20-8-7-19(12-20)11-16(21)18(4,5)6;/h7-10H,11-12H2,1-6H3;1H. The van der Waals surface area contributed by atoms with Gasteiger partial charge in [0, 0.05) is 23.5 Å². The molecule has 22 heavy (non-hydrogen) atoms. The summed E-state index contributed by atoms with van der Waals surface area (Å²) in [4.78, 5) is 16.4. The third kappa shape index (κ3) is 4.04. The molecule has 4 heteroatoms. The first-order valence-electron chi connectivity index (χ1n) is 7.48. The summed E-state index contributed by atoms with van der Waals surface area (Å²) in [6.45, 7) is 13.5. The Morgan fingerprint density at radius 1 is 1.09 bits per heavy atom. The Morgan fingerprint density at radius 2 is 1.64 bits per heavy atom. The molecule has 0 radical (unpaired) electrons. The highest BCUT2D eigenvalue weighted by Gasteiger charge is 2.25. The fourth-order valence-electron chi connectivity index (χ4n) is 2.76. The molecule has 1 aliphatic heterocycles. The van der Waals surface area contributed by atoms with Crippen LogP contribution in [0.3, 0.4) is 0 Å². The smallest absolute Gasteiger partial charge is 0.157 e. The van der Waals surface area contributed by atoms with E-state index < -0.39 is 0 Å². The Balaban J connectivity index is 0.00000242. The number of hydrogen-bond acceptors (Lipinski definition) is 3. The van der Waals surface area contributed by atoms with Crippen molar-refractivity contribution >= 4 is 23.9 Å². The second-order valence-corrected chi connectivity index (χ2v) is 7.08. The first-order chi connectivity index (χ1) is 9.68. The molecule has 0 N–H and O–H groups in total. The van der Waals surface area contributed by atoms with E-state index in [1.807, 2.05) is 27.0 Å². The van der Waals surface area contributed by atoms with Crippen molar-refractivity contribution in [3.8, 4) is 0 Å². The van der Waals surface area contributed by atoms with E-state index >= 15 is 0 Å². The van der Waals surface area contributed by atoms with Crippen molar-refractivity contribution in [2.45, 2.75) is 41.5 Å². The molecule has 0 aromatic heterocycles.